The van der Waals surface area contributed by atoms with Gasteiger partial charge >= 0.3 is 0 Å². The van der Waals surface area contributed by atoms with Crippen molar-refractivity contribution in [3.05, 3.63) is 93.5 Å². The van der Waals surface area contributed by atoms with Gasteiger partial charge in [0, 0.05) is 12.5 Å². The van der Waals surface area contributed by atoms with Gasteiger partial charge in [-0.25, -0.2) is 0 Å². The second-order valence-corrected chi connectivity index (χ2v) is 10.0. The summed E-state index contributed by atoms with van der Waals surface area (Å²) in [7, 11) is 0. The fourth-order valence-corrected chi connectivity index (χ4v) is 5.40. The molecule has 0 amide bonds. The molecule has 33 heavy (non-hydrogen) atoms. The Hall–Kier alpha value is -2.78. The van der Waals surface area contributed by atoms with Crippen LogP contribution in [0.25, 0.3) is 0 Å². The fourth-order valence-electron chi connectivity index (χ4n) is 5.40. The zero-order valence-corrected chi connectivity index (χ0v) is 20.4. The molecular weight excluding hydrogens is 406 g/mol. The van der Waals surface area contributed by atoms with Gasteiger partial charge in [-0.1, -0.05) is 54.6 Å². The molecule has 0 bridgehead atoms. The van der Waals surface area contributed by atoms with E-state index >= 15 is 0 Å². The summed E-state index contributed by atoms with van der Waals surface area (Å²) in [4.78, 5) is 2.57. The lowest BCUT2D eigenvalue weighted by molar-refractivity contribution is 0.169. The maximum Gasteiger partial charge on any atom is 0.121 e. The SMILES string of the molecule is Cc1cc(C(CC2CCN(Cc3ccccc3)CC2)c2cc(C)c(O)c(C)c2)cc(C)c1O. The summed E-state index contributed by atoms with van der Waals surface area (Å²) in [6.45, 7) is 11.2. The van der Waals surface area contributed by atoms with Crippen LogP contribution in [0.1, 0.15) is 64.1 Å². The Morgan fingerprint density at radius 2 is 1.21 bits per heavy atom. The summed E-state index contributed by atoms with van der Waals surface area (Å²) in [5.74, 6) is 1.70. The molecule has 1 fully saturated rings. The summed E-state index contributed by atoms with van der Waals surface area (Å²) >= 11 is 0. The van der Waals surface area contributed by atoms with Crippen LogP contribution in [-0.2, 0) is 6.54 Å². The molecule has 0 unspecified atom stereocenters. The van der Waals surface area contributed by atoms with Crippen molar-refractivity contribution >= 4 is 0 Å². The average molecular weight is 444 g/mol. The van der Waals surface area contributed by atoms with Crippen LogP contribution in [0.4, 0.5) is 0 Å². The molecule has 174 valence electrons. The number of aromatic hydroxyl groups is 2. The van der Waals surface area contributed by atoms with Gasteiger partial charge < -0.3 is 10.2 Å². The first kappa shape index (κ1) is 23.4. The Bertz CT molecular complexity index is 994. The summed E-state index contributed by atoms with van der Waals surface area (Å²) in [6, 6.07) is 19.3. The zero-order chi connectivity index (χ0) is 23.5. The van der Waals surface area contributed by atoms with Gasteiger partial charge in [0.15, 0.2) is 0 Å². The van der Waals surface area contributed by atoms with Gasteiger partial charge in [-0.15, -0.1) is 0 Å². The molecule has 3 aromatic rings. The normalized spacial score (nSPS) is 15.3. The van der Waals surface area contributed by atoms with Gasteiger partial charge in [0.1, 0.15) is 11.5 Å². The van der Waals surface area contributed by atoms with Gasteiger partial charge in [-0.3, -0.25) is 4.90 Å². The van der Waals surface area contributed by atoms with Gasteiger partial charge in [0.2, 0.25) is 0 Å². The van der Waals surface area contributed by atoms with Crippen LogP contribution in [0.2, 0.25) is 0 Å². The minimum Gasteiger partial charge on any atom is -0.507 e. The largest absolute Gasteiger partial charge is 0.507 e. The minimum atomic E-state index is 0.256. The summed E-state index contributed by atoms with van der Waals surface area (Å²) < 4.78 is 0. The molecule has 0 aliphatic carbocycles. The molecule has 0 atom stereocenters. The number of likely N-dealkylation sites (tertiary alicyclic amines) is 1. The number of nitrogens with zero attached hydrogens (tertiary/aromatic N) is 1. The molecule has 3 heteroatoms. The van der Waals surface area contributed by atoms with E-state index in [9.17, 15) is 10.2 Å². The monoisotopic (exact) mass is 443 g/mol. The number of phenols is 2. The summed E-state index contributed by atoms with van der Waals surface area (Å²) in [5.41, 5.74) is 7.64. The van der Waals surface area contributed by atoms with E-state index in [1.807, 2.05) is 27.7 Å². The third-order valence-electron chi connectivity index (χ3n) is 7.36. The van der Waals surface area contributed by atoms with E-state index in [1.54, 1.807) is 0 Å². The molecule has 3 nitrogen and oxygen atoms in total. The van der Waals surface area contributed by atoms with Crippen LogP contribution >= 0.6 is 0 Å². The van der Waals surface area contributed by atoms with E-state index in [1.165, 1.54) is 29.5 Å². The number of aryl methyl sites for hydroxylation is 4. The number of piperidine rings is 1. The first-order chi connectivity index (χ1) is 15.8. The highest BCUT2D eigenvalue weighted by Crippen LogP contribution is 2.39. The second kappa shape index (κ2) is 10.0. The molecule has 2 N–H and O–H groups in total. The topological polar surface area (TPSA) is 43.7 Å². The van der Waals surface area contributed by atoms with Crippen LogP contribution in [0, 0.1) is 33.6 Å². The van der Waals surface area contributed by atoms with Gasteiger partial charge in [0.05, 0.1) is 0 Å². The van der Waals surface area contributed by atoms with Crippen LogP contribution in [0.5, 0.6) is 11.5 Å². The molecule has 3 aromatic carbocycles. The average Bonchev–Trinajstić information content (AvgIpc) is 2.80. The van der Waals surface area contributed by atoms with Crippen molar-refractivity contribution in [2.75, 3.05) is 13.1 Å². The van der Waals surface area contributed by atoms with Crippen molar-refractivity contribution in [2.24, 2.45) is 5.92 Å². The molecule has 1 heterocycles. The van der Waals surface area contributed by atoms with E-state index in [0.717, 1.165) is 48.3 Å². The lowest BCUT2D eigenvalue weighted by Gasteiger charge is -2.34. The third-order valence-corrected chi connectivity index (χ3v) is 7.36. The number of phenolic OH excluding ortho intramolecular Hbond substituents is 2. The maximum atomic E-state index is 10.3. The van der Waals surface area contributed by atoms with Crippen molar-refractivity contribution in [1.29, 1.82) is 0 Å². The maximum absolute atomic E-state index is 10.3. The quantitative estimate of drug-likeness (QED) is 0.442. The van der Waals surface area contributed by atoms with Crippen molar-refractivity contribution in [2.45, 2.75) is 59.4 Å². The predicted octanol–water partition coefficient (Wildman–Crippen LogP) is 6.77. The molecule has 1 saturated heterocycles. The number of hydrogen-bond acceptors (Lipinski definition) is 3. The van der Waals surface area contributed by atoms with Crippen molar-refractivity contribution in [1.82, 2.24) is 4.90 Å². The highest BCUT2D eigenvalue weighted by molar-refractivity contribution is 5.49. The summed E-state index contributed by atoms with van der Waals surface area (Å²) in [6.07, 6.45) is 3.50. The molecule has 0 spiro atoms. The lowest BCUT2D eigenvalue weighted by Crippen LogP contribution is -2.33. The highest BCUT2D eigenvalue weighted by Gasteiger charge is 2.26. The van der Waals surface area contributed by atoms with Crippen LogP contribution < -0.4 is 0 Å². The molecular formula is C30H37NO2. The molecule has 0 aromatic heterocycles. The standard InChI is InChI=1S/C30H37NO2/c1-20-14-26(15-21(2)29(20)32)28(27-16-22(3)30(33)23(4)17-27)18-24-10-12-31(13-11-24)19-25-8-6-5-7-9-25/h5-9,14-17,24,28,32-33H,10-13,18-19H2,1-4H3. The Kier molecular flexibility index (Phi) is 7.09. The fraction of sp³-hybridized carbons (Fsp3) is 0.400. The Labute approximate surface area is 198 Å². The van der Waals surface area contributed by atoms with Crippen LogP contribution in [0.3, 0.4) is 0 Å². The van der Waals surface area contributed by atoms with Gasteiger partial charge in [-0.05, 0) is 105 Å². The third kappa shape index (κ3) is 5.42. The zero-order valence-electron chi connectivity index (χ0n) is 20.4. The van der Waals surface area contributed by atoms with Crippen molar-refractivity contribution < 1.29 is 10.2 Å². The Morgan fingerprint density at radius 3 is 1.67 bits per heavy atom. The van der Waals surface area contributed by atoms with Crippen LogP contribution in [0.15, 0.2) is 54.6 Å². The molecule has 0 radical (unpaired) electrons. The number of rotatable bonds is 6. The van der Waals surface area contributed by atoms with Crippen LogP contribution in [-0.4, -0.2) is 28.2 Å². The number of benzene rings is 3. The highest BCUT2D eigenvalue weighted by atomic mass is 16.3. The van der Waals surface area contributed by atoms with E-state index in [0.29, 0.717) is 17.4 Å². The second-order valence-electron chi connectivity index (χ2n) is 10.0. The van der Waals surface area contributed by atoms with Crippen molar-refractivity contribution in [3.63, 3.8) is 0 Å². The van der Waals surface area contributed by atoms with Crippen molar-refractivity contribution in [3.8, 4) is 11.5 Å². The minimum absolute atomic E-state index is 0.256. The number of hydrogen-bond donors (Lipinski definition) is 2. The van der Waals surface area contributed by atoms with E-state index in [4.69, 9.17) is 0 Å². The van der Waals surface area contributed by atoms with Gasteiger partial charge in [-0.2, -0.15) is 0 Å². The molecule has 1 aliphatic rings. The molecule has 1 aliphatic heterocycles. The lowest BCUT2D eigenvalue weighted by atomic mass is 9.78. The van der Waals surface area contributed by atoms with E-state index in [-0.39, 0.29) is 5.92 Å². The smallest absolute Gasteiger partial charge is 0.121 e. The molecule has 4 rings (SSSR count). The molecule has 0 saturated carbocycles. The van der Waals surface area contributed by atoms with E-state index < -0.39 is 0 Å². The Balaban J connectivity index is 1.55. The first-order valence-electron chi connectivity index (χ1n) is 12.2. The first-order valence-corrected chi connectivity index (χ1v) is 12.2. The summed E-state index contributed by atoms with van der Waals surface area (Å²) in [5, 5.41) is 20.7. The Morgan fingerprint density at radius 1 is 0.758 bits per heavy atom. The van der Waals surface area contributed by atoms with E-state index in [2.05, 4.69) is 59.5 Å². The van der Waals surface area contributed by atoms with Gasteiger partial charge in [0.25, 0.3) is 0 Å². The predicted molar refractivity (Wildman–Crippen MR) is 136 cm³/mol.